The van der Waals surface area contributed by atoms with Crippen molar-refractivity contribution in [2.24, 2.45) is 0 Å². The van der Waals surface area contributed by atoms with Crippen molar-refractivity contribution >= 4 is 8.07 Å². The molecule has 94 valence electrons. The Hall–Kier alpha value is -0.0831. The highest BCUT2D eigenvalue weighted by molar-refractivity contribution is 6.80. The van der Waals surface area contributed by atoms with Crippen molar-refractivity contribution in [3.63, 3.8) is 0 Å². The van der Waals surface area contributed by atoms with Gasteiger partial charge in [-0.3, -0.25) is 0 Å². The number of allylic oxidation sites excluding steroid dienone is 1. The Morgan fingerprint density at radius 1 is 1.12 bits per heavy atom. The molecule has 0 aromatic heterocycles. The topological polar surface area (TPSA) is 3.01 Å². The van der Waals surface area contributed by atoms with E-state index < -0.39 is 8.07 Å². The third kappa shape index (κ3) is 4.83. The maximum absolute atomic E-state index is 3.99. The lowest BCUT2D eigenvalue weighted by Gasteiger charge is -2.30. The first-order chi connectivity index (χ1) is 7.76. The first-order valence-electron chi connectivity index (χ1n) is 7.09. The summed E-state index contributed by atoms with van der Waals surface area (Å²) in [4.78, 5) is 2.56. The van der Waals surface area contributed by atoms with E-state index in [0.29, 0.717) is 0 Å². The highest BCUT2D eigenvalue weighted by Gasteiger charge is 2.29. The van der Waals surface area contributed by atoms with Crippen molar-refractivity contribution in [1.82, 2.24) is 4.90 Å². The lowest BCUT2D eigenvalue weighted by molar-refractivity contribution is 0.548. The van der Waals surface area contributed by atoms with Crippen LogP contribution in [0, 0.1) is 0 Å². The summed E-state index contributed by atoms with van der Waals surface area (Å²) in [6.45, 7) is 12.8. The van der Waals surface area contributed by atoms with E-state index in [9.17, 15) is 0 Å². The van der Waals surface area contributed by atoms with E-state index in [1.165, 1.54) is 63.1 Å². The van der Waals surface area contributed by atoms with Crippen LogP contribution in [0.1, 0.15) is 33.1 Å². The first kappa shape index (κ1) is 14.0. The molecule has 0 aliphatic carbocycles. The standard InChI is InChI=1S/C14H29NSi/c1-4-11-16(12-5-2,13-6-3)14-7-8-15-9-10-15/h4H,1,5-14H2,2-3H3. The van der Waals surface area contributed by atoms with Crippen LogP contribution in [0.2, 0.25) is 24.2 Å². The van der Waals surface area contributed by atoms with Gasteiger partial charge in [-0.25, -0.2) is 0 Å². The highest BCUT2D eigenvalue weighted by atomic mass is 28.3. The molecule has 2 heteroatoms. The maximum Gasteiger partial charge on any atom is 0.0573 e. The molecule has 0 atom stereocenters. The lowest BCUT2D eigenvalue weighted by Crippen LogP contribution is -2.33. The Labute approximate surface area is 103 Å². The van der Waals surface area contributed by atoms with Crippen molar-refractivity contribution in [2.45, 2.75) is 57.3 Å². The van der Waals surface area contributed by atoms with Gasteiger partial charge in [0.05, 0.1) is 8.07 Å². The minimum Gasteiger partial charge on any atom is -0.301 e. The predicted molar refractivity (Wildman–Crippen MR) is 76.8 cm³/mol. The van der Waals surface area contributed by atoms with Crippen LogP contribution >= 0.6 is 0 Å². The third-order valence-electron chi connectivity index (χ3n) is 3.86. The number of rotatable bonds is 10. The van der Waals surface area contributed by atoms with E-state index >= 15 is 0 Å². The van der Waals surface area contributed by atoms with Gasteiger partial charge in [-0.15, -0.1) is 6.58 Å². The Morgan fingerprint density at radius 2 is 1.75 bits per heavy atom. The number of hydrogen-bond acceptors (Lipinski definition) is 1. The summed E-state index contributed by atoms with van der Waals surface area (Å²) < 4.78 is 0. The molecule has 0 unspecified atom stereocenters. The molecule has 0 amide bonds. The van der Waals surface area contributed by atoms with E-state index in [-0.39, 0.29) is 0 Å². The van der Waals surface area contributed by atoms with Gasteiger partial charge in [0.25, 0.3) is 0 Å². The fraction of sp³-hybridized carbons (Fsp3) is 0.857. The molecule has 1 nitrogen and oxygen atoms in total. The van der Waals surface area contributed by atoms with Gasteiger partial charge in [-0.2, -0.15) is 0 Å². The van der Waals surface area contributed by atoms with E-state index in [4.69, 9.17) is 0 Å². The van der Waals surface area contributed by atoms with Crippen LogP contribution in [0.15, 0.2) is 12.7 Å². The third-order valence-corrected chi connectivity index (χ3v) is 9.55. The summed E-state index contributed by atoms with van der Waals surface area (Å²) in [6, 6.07) is 5.94. The van der Waals surface area contributed by atoms with Gasteiger partial charge in [0.1, 0.15) is 0 Å². The fourth-order valence-corrected chi connectivity index (χ4v) is 8.02. The molecule has 1 rings (SSSR count). The van der Waals surface area contributed by atoms with Crippen molar-refractivity contribution in [3.05, 3.63) is 12.7 Å². The van der Waals surface area contributed by atoms with Crippen LogP contribution in [0.3, 0.4) is 0 Å². The van der Waals surface area contributed by atoms with E-state index in [1.807, 2.05) is 0 Å². The molecule has 1 heterocycles. The van der Waals surface area contributed by atoms with Crippen molar-refractivity contribution in [1.29, 1.82) is 0 Å². The zero-order valence-corrected chi connectivity index (χ0v) is 12.3. The van der Waals surface area contributed by atoms with Gasteiger partial charge in [0, 0.05) is 13.1 Å². The van der Waals surface area contributed by atoms with Crippen LogP contribution < -0.4 is 0 Å². The Morgan fingerprint density at radius 3 is 2.19 bits per heavy atom. The fourth-order valence-electron chi connectivity index (χ4n) is 3.02. The van der Waals surface area contributed by atoms with Crippen LogP contribution in [0.25, 0.3) is 0 Å². The average molecular weight is 239 g/mol. The zero-order chi connectivity index (χ0) is 11.9. The molecular formula is C14H29NSi. The summed E-state index contributed by atoms with van der Waals surface area (Å²) in [5, 5.41) is 0. The molecule has 16 heavy (non-hydrogen) atoms. The monoisotopic (exact) mass is 239 g/mol. The van der Waals surface area contributed by atoms with Gasteiger partial charge in [0.2, 0.25) is 0 Å². The van der Waals surface area contributed by atoms with E-state index in [1.54, 1.807) is 0 Å². The normalized spacial score (nSPS) is 16.4. The van der Waals surface area contributed by atoms with Crippen LogP contribution in [-0.2, 0) is 0 Å². The second-order valence-corrected chi connectivity index (χ2v) is 10.3. The summed E-state index contributed by atoms with van der Waals surface area (Å²) in [5.41, 5.74) is 0. The number of hydrogen-bond donors (Lipinski definition) is 0. The van der Waals surface area contributed by atoms with Crippen LogP contribution in [0.4, 0.5) is 0 Å². The Kier molecular flexibility index (Phi) is 6.36. The second kappa shape index (κ2) is 7.28. The van der Waals surface area contributed by atoms with Crippen molar-refractivity contribution in [3.8, 4) is 0 Å². The number of nitrogens with zero attached hydrogens (tertiary/aromatic N) is 1. The van der Waals surface area contributed by atoms with Crippen molar-refractivity contribution < 1.29 is 0 Å². The molecule has 1 saturated heterocycles. The van der Waals surface area contributed by atoms with E-state index in [2.05, 4.69) is 31.4 Å². The van der Waals surface area contributed by atoms with Gasteiger partial charge < -0.3 is 4.90 Å². The summed E-state index contributed by atoms with van der Waals surface area (Å²) in [5.74, 6) is 0. The molecule has 0 aromatic rings. The smallest absolute Gasteiger partial charge is 0.0573 e. The molecule has 1 fully saturated rings. The zero-order valence-electron chi connectivity index (χ0n) is 11.3. The summed E-state index contributed by atoms with van der Waals surface area (Å²) >= 11 is 0. The Bertz CT molecular complexity index is 193. The van der Waals surface area contributed by atoms with Gasteiger partial charge in [0.15, 0.2) is 0 Å². The highest BCUT2D eigenvalue weighted by Crippen LogP contribution is 2.30. The van der Waals surface area contributed by atoms with Gasteiger partial charge >= 0.3 is 0 Å². The average Bonchev–Trinajstić information content (AvgIpc) is 3.03. The molecule has 0 N–H and O–H groups in total. The predicted octanol–water partition coefficient (Wildman–Crippen LogP) is 4.15. The molecular weight excluding hydrogens is 210 g/mol. The summed E-state index contributed by atoms with van der Waals surface area (Å²) in [6.07, 6.45) is 6.41. The molecule has 0 spiro atoms. The largest absolute Gasteiger partial charge is 0.301 e. The van der Waals surface area contributed by atoms with Gasteiger partial charge in [-0.1, -0.05) is 50.9 Å². The first-order valence-corrected chi connectivity index (χ1v) is 9.92. The molecule has 0 aromatic carbocycles. The lowest BCUT2D eigenvalue weighted by atomic mass is 10.5. The van der Waals surface area contributed by atoms with Crippen LogP contribution in [-0.4, -0.2) is 32.6 Å². The Balaban J connectivity index is 2.39. The quantitative estimate of drug-likeness (QED) is 0.314. The minimum atomic E-state index is -0.979. The van der Waals surface area contributed by atoms with E-state index in [0.717, 1.165) is 0 Å². The van der Waals surface area contributed by atoms with Crippen LogP contribution in [0.5, 0.6) is 0 Å². The second-order valence-electron chi connectivity index (χ2n) is 5.44. The molecule has 0 saturated carbocycles. The maximum atomic E-state index is 3.99. The molecule has 0 radical (unpaired) electrons. The SMILES string of the molecule is C=CC[Si](CCC)(CCC)CCCN1CC1. The molecule has 0 bridgehead atoms. The van der Waals surface area contributed by atoms with Gasteiger partial charge in [-0.05, 0) is 19.0 Å². The molecule has 1 aliphatic rings. The minimum absolute atomic E-state index is 0.979. The molecule has 1 aliphatic heterocycles. The van der Waals surface area contributed by atoms with Crippen molar-refractivity contribution in [2.75, 3.05) is 19.6 Å². The summed E-state index contributed by atoms with van der Waals surface area (Å²) in [7, 11) is -0.979.